The normalized spacial score (nSPS) is 12.1. The maximum Gasteiger partial charge on any atom is 0.263 e. The van der Waals surface area contributed by atoms with E-state index >= 15 is 0 Å². The lowest BCUT2D eigenvalue weighted by molar-refractivity contribution is -0.117. The summed E-state index contributed by atoms with van der Waals surface area (Å²) in [5, 5.41) is 14.5. The summed E-state index contributed by atoms with van der Waals surface area (Å²) in [4.78, 5) is 11.9. The minimum atomic E-state index is -0.393. The first-order valence-corrected chi connectivity index (χ1v) is 5.99. The topological polar surface area (TPSA) is 64.9 Å². The van der Waals surface area contributed by atoms with Crippen LogP contribution in [0.5, 0.6) is 0 Å². The predicted octanol–water partition coefficient (Wildman–Crippen LogP) is 2.05. The van der Waals surface area contributed by atoms with E-state index in [2.05, 4.69) is 17.2 Å². The molecule has 0 bridgehead atoms. The van der Waals surface area contributed by atoms with Crippen molar-refractivity contribution in [1.82, 2.24) is 10.6 Å². The molecule has 1 rings (SSSR count). The predicted molar refractivity (Wildman–Crippen MR) is 74.9 cm³/mol. The molecule has 0 heterocycles. The summed E-state index contributed by atoms with van der Waals surface area (Å²) >= 11 is 0. The quantitative estimate of drug-likeness (QED) is 0.354. The fraction of sp³-hybridized carbons (Fsp3) is 0.200. The molecule has 0 saturated heterocycles. The van der Waals surface area contributed by atoms with Crippen molar-refractivity contribution in [2.24, 2.45) is 0 Å². The second-order valence-corrected chi connectivity index (χ2v) is 3.97. The van der Waals surface area contributed by atoms with Gasteiger partial charge in [0.25, 0.3) is 5.91 Å². The summed E-state index contributed by atoms with van der Waals surface area (Å²) in [6.07, 6.45) is 3.05. The van der Waals surface area contributed by atoms with Crippen LogP contribution in [0.1, 0.15) is 18.5 Å². The van der Waals surface area contributed by atoms with E-state index in [9.17, 15) is 4.79 Å². The molecule has 0 aliphatic rings. The smallest absolute Gasteiger partial charge is 0.263 e. The molecule has 2 N–H and O–H groups in total. The number of rotatable bonds is 6. The lowest BCUT2D eigenvalue weighted by atomic mass is 10.1. The minimum Gasteiger partial charge on any atom is -0.386 e. The molecular weight excluding hydrogens is 238 g/mol. The first kappa shape index (κ1) is 14.5. The highest BCUT2D eigenvalue weighted by Crippen LogP contribution is 2.11. The van der Waals surface area contributed by atoms with Gasteiger partial charge in [-0.15, -0.1) is 6.58 Å². The van der Waals surface area contributed by atoms with Gasteiger partial charge in [0.1, 0.15) is 11.6 Å². The van der Waals surface area contributed by atoms with Gasteiger partial charge in [0.2, 0.25) is 0 Å². The first-order valence-electron chi connectivity index (χ1n) is 5.99. The lowest BCUT2D eigenvalue weighted by Crippen LogP contribution is -2.28. The molecule has 0 aliphatic heterocycles. The zero-order chi connectivity index (χ0) is 14.1. The van der Waals surface area contributed by atoms with Crippen LogP contribution in [0, 0.1) is 11.3 Å². The van der Waals surface area contributed by atoms with Crippen molar-refractivity contribution in [2.45, 2.75) is 13.0 Å². The second kappa shape index (κ2) is 7.72. The fourth-order valence-electron chi connectivity index (χ4n) is 1.49. The Labute approximate surface area is 113 Å². The van der Waals surface area contributed by atoms with Gasteiger partial charge in [-0.1, -0.05) is 36.4 Å². The zero-order valence-corrected chi connectivity index (χ0v) is 10.9. The summed E-state index contributed by atoms with van der Waals surface area (Å²) in [7, 11) is 0. The zero-order valence-electron chi connectivity index (χ0n) is 10.9. The van der Waals surface area contributed by atoms with Crippen LogP contribution >= 0.6 is 0 Å². The third-order valence-corrected chi connectivity index (χ3v) is 2.52. The Bertz CT molecular complexity index is 500. The van der Waals surface area contributed by atoms with Crippen molar-refractivity contribution in [2.75, 3.05) is 6.54 Å². The van der Waals surface area contributed by atoms with Crippen LogP contribution in [0.2, 0.25) is 0 Å². The van der Waals surface area contributed by atoms with Crippen molar-refractivity contribution in [3.63, 3.8) is 0 Å². The maximum atomic E-state index is 11.9. The number of carbonyl (C=O) groups excluding carboxylic acids is 1. The molecular formula is C15H17N3O. The van der Waals surface area contributed by atoms with E-state index in [0.717, 1.165) is 5.56 Å². The number of amides is 1. The van der Waals surface area contributed by atoms with Crippen LogP contribution in [0.4, 0.5) is 0 Å². The third kappa shape index (κ3) is 4.68. The van der Waals surface area contributed by atoms with Gasteiger partial charge in [0, 0.05) is 12.7 Å². The summed E-state index contributed by atoms with van der Waals surface area (Å²) in [6, 6.07) is 11.3. The van der Waals surface area contributed by atoms with E-state index in [4.69, 9.17) is 5.26 Å². The van der Waals surface area contributed by atoms with Gasteiger partial charge < -0.3 is 10.6 Å². The van der Waals surface area contributed by atoms with Crippen LogP contribution in [0.15, 0.2) is 54.8 Å². The van der Waals surface area contributed by atoms with Crippen molar-refractivity contribution < 1.29 is 4.79 Å². The van der Waals surface area contributed by atoms with Crippen molar-refractivity contribution >= 4 is 5.91 Å². The van der Waals surface area contributed by atoms with E-state index in [0.29, 0.717) is 6.54 Å². The van der Waals surface area contributed by atoms with E-state index in [1.165, 1.54) is 6.20 Å². The standard InChI is InChI=1S/C15H17N3O/c1-3-9-17-11-14(10-16)15(19)18-12(2)13-7-5-4-6-8-13/h3-8,11-12,17H,1,9H2,2H3,(H,18,19)/b14-11-. The van der Waals surface area contributed by atoms with E-state index < -0.39 is 5.91 Å². The van der Waals surface area contributed by atoms with Crippen LogP contribution in [-0.4, -0.2) is 12.5 Å². The average molecular weight is 255 g/mol. The molecule has 0 spiro atoms. The average Bonchev–Trinajstić information content (AvgIpc) is 2.44. The summed E-state index contributed by atoms with van der Waals surface area (Å²) in [6.45, 7) is 5.92. The lowest BCUT2D eigenvalue weighted by Gasteiger charge is -2.13. The maximum absolute atomic E-state index is 11.9. The number of benzene rings is 1. The molecule has 1 aromatic rings. The van der Waals surface area contributed by atoms with E-state index in [1.807, 2.05) is 43.3 Å². The van der Waals surface area contributed by atoms with Crippen LogP contribution < -0.4 is 10.6 Å². The van der Waals surface area contributed by atoms with Crippen LogP contribution in [0.25, 0.3) is 0 Å². The molecule has 1 amide bonds. The highest BCUT2D eigenvalue weighted by molar-refractivity contribution is 5.97. The number of hydrogen-bond acceptors (Lipinski definition) is 3. The number of nitrogens with zero attached hydrogens (tertiary/aromatic N) is 1. The first-order chi connectivity index (χ1) is 9.19. The van der Waals surface area contributed by atoms with Crippen molar-refractivity contribution in [3.8, 4) is 6.07 Å². The van der Waals surface area contributed by atoms with Gasteiger partial charge in [0.05, 0.1) is 6.04 Å². The van der Waals surface area contributed by atoms with Crippen molar-refractivity contribution in [3.05, 3.63) is 60.3 Å². The Morgan fingerprint density at radius 2 is 2.16 bits per heavy atom. The Morgan fingerprint density at radius 3 is 2.74 bits per heavy atom. The third-order valence-electron chi connectivity index (χ3n) is 2.52. The van der Waals surface area contributed by atoms with Gasteiger partial charge in [0.15, 0.2) is 0 Å². The fourth-order valence-corrected chi connectivity index (χ4v) is 1.49. The molecule has 0 radical (unpaired) electrons. The molecule has 0 saturated carbocycles. The Balaban J connectivity index is 2.65. The molecule has 1 atom stereocenters. The van der Waals surface area contributed by atoms with Gasteiger partial charge in [-0.3, -0.25) is 4.79 Å². The van der Waals surface area contributed by atoms with Gasteiger partial charge in [-0.2, -0.15) is 5.26 Å². The van der Waals surface area contributed by atoms with E-state index in [-0.39, 0.29) is 11.6 Å². The largest absolute Gasteiger partial charge is 0.386 e. The van der Waals surface area contributed by atoms with Crippen LogP contribution in [-0.2, 0) is 4.79 Å². The number of hydrogen-bond donors (Lipinski definition) is 2. The molecule has 1 aromatic carbocycles. The van der Waals surface area contributed by atoms with Crippen LogP contribution in [0.3, 0.4) is 0 Å². The van der Waals surface area contributed by atoms with Gasteiger partial charge >= 0.3 is 0 Å². The van der Waals surface area contributed by atoms with Gasteiger partial charge in [-0.25, -0.2) is 0 Å². The SMILES string of the molecule is C=CCN/C=C(/C#N)C(=O)NC(C)c1ccccc1. The Kier molecular flexibility index (Phi) is 5.90. The summed E-state index contributed by atoms with van der Waals surface area (Å²) < 4.78 is 0. The molecule has 0 aliphatic carbocycles. The molecule has 0 aromatic heterocycles. The summed E-state index contributed by atoms with van der Waals surface area (Å²) in [5.41, 5.74) is 1.04. The highest BCUT2D eigenvalue weighted by Gasteiger charge is 2.13. The molecule has 4 heteroatoms. The number of nitrogens with one attached hydrogen (secondary N) is 2. The summed E-state index contributed by atoms with van der Waals surface area (Å²) in [5.74, 6) is -0.393. The van der Waals surface area contributed by atoms with Gasteiger partial charge in [-0.05, 0) is 12.5 Å². The van der Waals surface area contributed by atoms with Crippen molar-refractivity contribution in [1.29, 1.82) is 5.26 Å². The molecule has 1 unspecified atom stereocenters. The molecule has 0 fully saturated rings. The number of carbonyl (C=O) groups is 1. The Hall–Kier alpha value is -2.54. The molecule has 19 heavy (non-hydrogen) atoms. The number of nitriles is 1. The minimum absolute atomic E-state index is 0.0460. The Morgan fingerprint density at radius 1 is 1.47 bits per heavy atom. The molecule has 4 nitrogen and oxygen atoms in total. The highest BCUT2D eigenvalue weighted by atomic mass is 16.1. The monoisotopic (exact) mass is 255 g/mol. The second-order valence-electron chi connectivity index (χ2n) is 3.97. The van der Waals surface area contributed by atoms with E-state index in [1.54, 1.807) is 6.08 Å². The molecule has 98 valence electrons.